The lowest BCUT2D eigenvalue weighted by atomic mass is 10.1. The molecule has 0 N–H and O–H groups in total. The molecule has 2 rings (SSSR count). The van der Waals surface area contributed by atoms with Gasteiger partial charge in [0.15, 0.2) is 0 Å². The molecule has 1 aliphatic rings. The van der Waals surface area contributed by atoms with Crippen molar-refractivity contribution in [2.45, 2.75) is 39.2 Å². The molecule has 0 radical (unpaired) electrons. The summed E-state index contributed by atoms with van der Waals surface area (Å²) in [5.41, 5.74) is 2.71. The summed E-state index contributed by atoms with van der Waals surface area (Å²) in [7, 11) is 2.14. The molecule has 88 valence electrons. The highest BCUT2D eigenvalue weighted by atomic mass is 32.2. The molecule has 2 nitrogen and oxygen atoms in total. The Morgan fingerprint density at radius 2 is 1.88 bits per heavy atom. The smallest absolute Gasteiger partial charge is 0.0732 e. The average Bonchev–Trinajstić information content (AvgIpc) is 2.65. The van der Waals surface area contributed by atoms with Crippen molar-refractivity contribution in [3.05, 3.63) is 24.3 Å². The van der Waals surface area contributed by atoms with Crippen molar-refractivity contribution in [2.75, 3.05) is 15.7 Å². The van der Waals surface area contributed by atoms with Crippen LogP contribution >= 0.6 is 12.1 Å². The maximum absolute atomic E-state index is 2.47. The van der Waals surface area contributed by atoms with Crippen LogP contribution in [0.4, 0.5) is 11.4 Å². The van der Waals surface area contributed by atoms with E-state index in [1.165, 1.54) is 30.6 Å². The first kappa shape index (κ1) is 11.6. The van der Waals surface area contributed by atoms with Crippen LogP contribution in [0.5, 0.6) is 0 Å². The lowest BCUT2D eigenvalue weighted by Crippen LogP contribution is -2.27. The SMILES string of the molecule is CCC[C@H](CC)N1SN(C)c2ccccc21. The molecule has 1 aromatic rings. The quantitative estimate of drug-likeness (QED) is 0.727. The van der Waals surface area contributed by atoms with E-state index in [0.717, 1.165) is 0 Å². The number of rotatable bonds is 4. The van der Waals surface area contributed by atoms with Crippen molar-refractivity contribution in [1.29, 1.82) is 0 Å². The molecular weight excluding hydrogens is 216 g/mol. The number of hydrogen-bond acceptors (Lipinski definition) is 3. The first-order chi connectivity index (χ1) is 7.77. The van der Waals surface area contributed by atoms with E-state index in [2.05, 4.69) is 53.8 Å². The van der Waals surface area contributed by atoms with Crippen LogP contribution in [0.1, 0.15) is 33.1 Å². The van der Waals surface area contributed by atoms with Gasteiger partial charge in [-0.3, -0.25) is 8.61 Å². The van der Waals surface area contributed by atoms with Gasteiger partial charge in [0.2, 0.25) is 0 Å². The van der Waals surface area contributed by atoms with Gasteiger partial charge in [-0.1, -0.05) is 32.4 Å². The molecule has 0 saturated carbocycles. The molecule has 1 aliphatic heterocycles. The summed E-state index contributed by atoms with van der Waals surface area (Å²) >= 11 is 1.83. The maximum Gasteiger partial charge on any atom is 0.0732 e. The zero-order valence-corrected chi connectivity index (χ0v) is 11.1. The van der Waals surface area contributed by atoms with Crippen LogP contribution in [0.2, 0.25) is 0 Å². The average molecular weight is 236 g/mol. The number of para-hydroxylation sites is 2. The number of fused-ring (bicyclic) bond motifs is 1. The molecule has 0 spiro atoms. The standard InChI is InChI=1S/C13H20N2S/c1-4-8-11(5-2)15-13-10-7-6-9-12(13)14(3)16-15/h6-7,9-11H,4-5,8H2,1-3H3/t11-/m0/s1. The number of anilines is 2. The van der Waals surface area contributed by atoms with Crippen molar-refractivity contribution >= 4 is 23.5 Å². The van der Waals surface area contributed by atoms with E-state index >= 15 is 0 Å². The van der Waals surface area contributed by atoms with E-state index in [1.54, 1.807) is 0 Å². The lowest BCUT2D eigenvalue weighted by Gasteiger charge is -2.27. The lowest BCUT2D eigenvalue weighted by molar-refractivity contribution is 0.595. The minimum absolute atomic E-state index is 0.654. The first-order valence-corrected chi connectivity index (χ1v) is 6.81. The van der Waals surface area contributed by atoms with Gasteiger partial charge in [-0.05, 0) is 25.0 Å². The fraction of sp³-hybridized carbons (Fsp3) is 0.538. The van der Waals surface area contributed by atoms with Crippen LogP contribution in [0.3, 0.4) is 0 Å². The first-order valence-electron chi connectivity index (χ1n) is 6.08. The number of hydrogen-bond donors (Lipinski definition) is 0. The van der Waals surface area contributed by atoms with Crippen LogP contribution in [0.15, 0.2) is 24.3 Å². The van der Waals surface area contributed by atoms with E-state index in [4.69, 9.17) is 0 Å². The Morgan fingerprint density at radius 1 is 1.19 bits per heavy atom. The predicted molar refractivity (Wildman–Crippen MR) is 73.9 cm³/mol. The van der Waals surface area contributed by atoms with Gasteiger partial charge >= 0.3 is 0 Å². The van der Waals surface area contributed by atoms with Gasteiger partial charge in [0, 0.05) is 13.1 Å². The van der Waals surface area contributed by atoms with Crippen molar-refractivity contribution in [3.63, 3.8) is 0 Å². The third-order valence-corrected chi connectivity index (χ3v) is 4.21. The van der Waals surface area contributed by atoms with E-state index in [-0.39, 0.29) is 0 Å². The summed E-state index contributed by atoms with van der Waals surface area (Å²) in [6.07, 6.45) is 3.73. The summed E-state index contributed by atoms with van der Waals surface area (Å²) in [5, 5.41) is 0. The molecule has 3 heteroatoms. The van der Waals surface area contributed by atoms with Crippen molar-refractivity contribution < 1.29 is 0 Å². The molecule has 1 aromatic carbocycles. The predicted octanol–water partition coefficient (Wildman–Crippen LogP) is 4.08. The third-order valence-electron chi connectivity index (χ3n) is 3.09. The fourth-order valence-electron chi connectivity index (χ4n) is 2.22. The molecule has 0 amide bonds. The molecule has 0 aromatic heterocycles. The van der Waals surface area contributed by atoms with Crippen LogP contribution in [0.25, 0.3) is 0 Å². The molecule has 0 saturated heterocycles. The molecule has 0 bridgehead atoms. The van der Waals surface area contributed by atoms with Gasteiger partial charge in [-0.15, -0.1) is 0 Å². The zero-order valence-electron chi connectivity index (χ0n) is 10.3. The topological polar surface area (TPSA) is 6.48 Å². The highest BCUT2D eigenvalue weighted by Crippen LogP contribution is 2.45. The Labute approximate surface area is 103 Å². The Balaban J connectivity index is 2.25. The molecule has 1 heterocycles. The summed E-state index contributed by atoms with van der Waals surface area (Å²) in [6.45, 7) is 4.54. The maximum atomic E-state index is 2.47. The highest BCUT2D eigenvalue weighted by molar-refractivity contribution is 8.02. The molecule has 0 aliphatic carbocycles. The van der Waals surface area contributed by atoms with E-state index < -0.39 is 0 Å². The van der Waals surface area contributed by atoms with E-state index in [9.17, 15) is 0 Å². The summed E-state index contributed by atoms with van der Waals surface area (Å²) in [5.74, 6) is 0. The molecule has 16 heavy (non-hydrogen) atoms. The highest BCUT2D eigenvalue weighted by Gasteiger charge is 2.28. The van der Waals surface area contributed by atoms with Gasteiger partial charge in [-0.2, -0.15) is 0 Å². The van der Waals surface area contributed by atoms with Crippen LogP contribution < -0.4 is 8.61 Å². The minimum Gasteiger partial charge on any atom is -0.300 e. The minimum atomic E-state index is 0.654. The van der Waals surface area contributed by atoms with E-state index in [0.29, 0.717) is 6.04 Å². The second kappa shape index (κ2) is 5.00. The zero-order chi connectivity index (χ0) is 11.5. The van der Waals surface area contributed by atoms with Gasteiger partial charge in [0.05, 0.1) is 23.5 Å². The van der Waals surface area contributed by atoms with Gasteiger partial charge in [0.25, 0.3) is 0 Å². The Morgan fingerprint density at radius 3 is 2.50 bits per heavy atom. The largest absolute Gasteiger partial charge is 0.300 e. The summed E-state index contributed by atoms with van der Waals surface area (Å²) in [6, 6.07) is 9.32. The van der Waals surface area contributed by atoms with Crippen LogP contribution in [-0.4, -0.2) is 13.1 Å². The second-order valence-electron chi connectivity index (χ2n) is 4.24. The molecule has 0 unspecified atom stereocenters. The Bertz CT molecular complexity index is 354. The van der Waals surface area contributed by atoms with Crippen LogP contribution in [-0.2, 0) is 0 Å². The Kier molecular flexibility index (Phi) is 3.64. The van der Waals surface area contributed by atoms with Crippen molar-refractivity contribution in [1.82, 2.24) is 0 Å². The van der Waals surface area contributed by atoms with E-state index in [1.807, 2.05) is 12.1 Å². The molecular formula is C13H20N2S. The van der Waals surface area contributed by atoms with Gasteiger partial charge < -0.3 is 0 Å². The normalized spacial score (nSPS) is 16.4. The Hall–Kier alpha value is -0.830. The summed E-state index contributed by atoms with van der Waals surface area (Å²) in [4.78, 5) is 0. The molecule has 1 atom stereocenters. The number of benzene rings is 1. The van der Waals surface area contributed by atoms with Gasteiger partial charge in [0.1, 0.15) is 0 Å². The van der Waals surface area contributed by atoms with Crippen molar-refractivity contribution in [2.24, 2.45) is 0 Å². The molecule has 0 fully saturated rings. The third kappa shape index (κ3) is 2.01. The number of nitrogens with zero attached hydrogens (tertiary/aromatic N) is 2. The monoisotopic (exact) mass is 236 g/mol. The van der Waals surface area contributed by atoms with Crippen molar-refractivity contribution in [3.8, 4) is 0 Å². The van der Waals surface area contributed by atoms with Crippen LogP contribution in [0, 0.1) is 0 Å². The fourth-order valence-corrected chi connectivity index (χ4v) is 3.36. The second-order valence-corrected chi connectivity index (χ2v) is 5.35. The summed E-state index contributed by atoms with van der Waals surface area (Å²) < 4.78 is 4.73. The van der Waals surface area contributed by atoms with Gasteiger partial charge in [-0.25, -0.2) is 0 Å².